The van der Waals surface area contributed by atoms with Crippen LogP contribution in [0.3, 0.4) is 0 Å². The fourth-order valence-corrected chi connectivity index (χ4v) is 7.51. The summed E-state index contributed by atoms with van der Waals surface area (Å²) in [7, 11) is -2.20. The van der Waals surface area contributed by atoms with Gasteiger partial charge in [0.1, 0.15) is 21.3 Å². The standard InChI is InChI=1S/C27H18N3.C9H12O3S/c1-29-23-14-6-8-17-9-7-15-24(26(17)23)30-25(29)16-22-20-12-3-2-10-18(20)19-11-4-5-13-21(19)27(22)28-30;1-6-4-7(2)9(8(3)5-6)13(10,11)12/h2-16H,1H3;4-5H,1-3H3,(H,10,11,12)/q+1;/p-1. The van der Waals surface area contributed by atoms with Crippen LogP contribution in [0.15, 0.2) is 108 Å². The van der Waals surface area contributed by atoms with Crippen LogP contribution in [-0.4, -0.2) is 25.1 Å². The number of hydrogen-bond acceptors (Lipinski definition) is 5. The third-order valence-corrected chi connectivity index (χ3v) is 9.43. The van der Waals surface area contributed by atoms with E-state index in [-0.39, 0.29) is 4.90 Å². The summed E-state index contributed by atoms with van der Waals surface area (Å²) >= 11 is 0. The molecule has 0 spiro atoms. The van der Waals surface area contributed by atoms with Crippen molar-refractivity contribution in [2.45, 2.75) is 25.7 Å². The van der Waals surface area contributed by atoms with E-state index >= 15 is 0 Å². The smallest absolute Gasteiger partial charge is 0.308 e. The van der Waals surface area contributed by atoms with Gasteiger partial charge in [0.2, 0.25) is 0 Å². The number of aromatic nitrogens is 2. The van der Waals surface area contributed by atoms with E-state index in [1.165, 1.54) is 43.4 Å². The summed E-state index contributed by atoms with van der Waals surface area (Å²) in [5, 5.41) is 13.9. The largest absolute Gasteiger partial charge is 0.744 e. The lowest BCUT2D eigenvalue weighted by Crippen LogP contribution is -2.43. The number of aryl methyl sites for hydroxylation is 3. The third kappa shape index (κ3) is 4.31. The van der Waals surface area contributed by atoms with Crippen molar-refractivity contribution >= 4 is 64.8 Å². The zero-order valence-corrected chi connectivity index (χ0v) is 25.1. The van der Waals surface area contributed by atoms with Crippen molar-refractivity contribution < 1.29 is 17.7 Å². The van der Waals surface area contributed by atoms with Crippen molar-refractivity contribution in [2.75, 3.05) is 11.9 Å². The van der Waals surface area contributed by atoms with Gasteiger partial charge in [-0.1, -0.05) is 100 Å². The lowest BCUT2D eigenvalue weighted by Gasteiger charge is -2.22. The summed E-state index contributed by atoms with van der Waals surface area (Å²) in [6, 6.07) is 35.9. The van der Waals surface area contributed by atoms with Crippen LogP contribution in [0, 0.1) is 20.8 Å². The Bertz CT molecular complexity index is 2350. The molecule has 2 heterocycles. The zero-order chi connectivity index (χ0) is 30.0. The van der Waals surface area contributed by atoms with Gasteiger partial charge in [-0.15, -0.1) is 0 Å². The van der Waals surface area contributed by atoms with E-state index in [9.17, 15) is 13.0 Å². The molecule has 0 amide bonds. The van der Waals surface area contributed by atoms with Gasteiger partial charge in [-0.05, 0) is 65.6 Å². The van der Waals surface area contributed by atoms with E-state index in [4.69, 9.17) is 5.10 Å². The molecule has 0 radical (unpaired) electrons. The molecule has 1 aliphatic rings. The predicted octanol–water partition coefficient (Wildman–Crippen LogP) is 7.57. The van der Waals surface area contributed by atoms with Gasteiger partial charge < -0.3 is 4.55 Å². The Kier molecular flexibility index (Phi) is 6.20. The summed E-state index contributed by atoms with van der Waals surface area (Å²) in [5.74, 6) is 1.08. The molecule has 6 nitrogen and oxygen atoms in total. The quantitative estimate of drug-likeness (QED) is 0.113. The Hall–Kier alpha value is -4.85. The first-order valence-corrected chi connectivity index (χ1v) is 15.5. The zero-order valence-electron chi connectivity index (χ0n) is 24.3. The van der Waals surface area contributed by atoms with Gasteiger partial charge in [0.25, 0.3) is 0 Å². The van der Waals surface area contributed by atoms with Crippen molar-refractivity contribution in [3.8, 4) is 5.69 Å². The summed E-state index contributed by atoms with van der Waals surface area (Å²) in [6.07, 6.45) is 0. The Labute approximate surface area is 250 Å². The molecule has 0 atom stereocenters. The third-order valence-electron chi connectivity index (χ3n) is 8.28. The van der Waals surface area contributed by atoms with Gasteiger partial charge >= 0.3 is 5.82 Å². The van der Waals surface area contributed by atoms with E-state index < -0.39 is 10.1 Å². The summed E-state index contributed by atoms with van der Waals surface area (Å²) in [5.41, 5.74) is 5.39. The summed E-state index contributed by atoms with van der Waals surface area (Å²) in [4.78, 5) is 2.17. The normalized spacial score (nSPS) is 12.4. The first-order chi connectivity index (χ1) is 20.6. The van der Waals surface area contributed by atoms with Gasteiger partial charge in [-0.3, -0.25) is 0 Å². The van der Waals surface area contributed by atoms with Crippen LogP contribution < -0.4 is 9.58 Å². The van der Waals surface area contributed by atoms with Crippen molar-refractivity contribution in [3.05, 3.63) is 120 Å². The second-order valence-electron chi connectivity index (χ2n) is 11.2. The number of rotatable bonds is 1. The molecule has 1 aromatic heterocycles. The highest BCUT2D eigenvalue weighted by molar-refractivity contribution is 7.85. The maximum absolute atomic E-state index is 10.8. The Morgan fingerprint density at radius 3 is 1.88 bits per heavy atom. The molecular formula is C36H29N3O3S. The van der Waals surface area contributed by atoms with E-state index in [2.05, 4.69) is 108 Å². The van der Waals surface area contributed by atoms with E-state index in [0.29, 0.717) is 11.1 Å². The molecule has 1 aliphatic heterocycles. The van der Waals surface area contributed by atoms with E-state index in [0.717, 1.165) is 22.6 Å². The van der Waals surface area contributed by atoms with Crippen molar-refractivity contribution in [1.29, 1.82) is 0 Å². The monoisotopic (exact) mass is 583 g/mol. The van der Waals surface area contributed by atoms with Crippen LogP contribution in [0.25, 0.3) is 48.9 Å². The van der Waals surface area contributed by atoms with Crippen molar-refractivity contribution in [2.24, 2.45) is 0 Å². The highest BCUT2D eigenvalue weighted by atomic mass is 32.2. The summed E-state index contributed by atoms with van der Waals surface area (Å²) in [6.45, 7) is 5.12. The molecular weight excluding hydrogens is 554 g/mol. The number of hydrogen-bond donors (Lipinski definition) is 0. The SMILES string of the molecule is CN1c2cccc3cccc(c23)-[n+]2nc3c4ccccc4c4ccccc4c3cc21.Cc1cc(C)c(S(=O)(=O)[O-])c(C)c1. The van der Waals surface area contributed by atoms with Gasteiger partial charge in [0, 0.05) is 16.8 Å². The van der Waals surface area contributed by atoms with Crippen LogP contribution >= 0.6 is 0 Å². The molecule has 0 unspecified atom stereocenters. The lowest BCUT2D eigenvalue weighted by molar-refractivity contribution is -0.643. The van der Waals surface area contributed by atoms with Crippen LogP contribution in [0.2, 0.25) is 0 Å². The molecule has 7 heteroatoms. The van der Waals surface area contributed by atoms with Crippen molar-refractivity contribution in [3.63, 3.8) is 0 Å². The van der Waals surface area contributed by atoms with E-state index in [1.54, 1.807) is 26.0 Å². The van der Waals surface area contributed by atoms with Gasteiger partial charge in [0.15, 0.2) is 5.69 Å². The van der Waals surface area contributed by atoms with Gasteiger partial charge in [0.05, 0.1) is 17.3 Å². The molecule has 8 rings (SSSR count). The Morgan fingerprint density at radius 2 is 1.26 bits per heavy atom. The topological polar surface area (TPSA) is 77.2 Å². The average Bonchev–Trinajstić information content (AvgIpc) is 2.98. The Balaban J connectivity index is 0.000000196. The number of nitrogens with zero attached hydrogens (tertiary/aromatic N) is 3. The fraction of sp³-hybridized carbons (Fsp3) is 0.111. The fourth-order valence-electron chi connectivity index (χ4n) is 6.60. The van der Waals surface area contributed by atoms with E-state index in [1.807, 2.05) is 6.92 Å². The Morgan fingerprint density at radius 1 is 0.698 bits per heavy atom. The first-order valence-electron chi connectivity index (χ1n) is 14.1. The highest BCUT2D eigenvalue weighted by Gasteiger charge is 2.31. The molecule has 0 bridgehead atoms. The lowest BCUT2D eigenvalue weighted by atomic mass is 9.97. The summed E-state index contributed by atoms with van der Waals surface area (Å²) < 4.78 is 34.6. The maximum atomic E-state index is 10.8. The molecule has 212 valence electrons. The second kappa shape index (κ2) is 9.87. The predicted molar refractivity (Wildman–Crippen MR) is 172 cm³/mol. The first kappa shape index (κ1) is 27.0. The number of anilines is 2. The average molecular weight is 584 g/mol. The highest BCUT2D eigenvalue weighted by Crippen LogP contribution is 2.40. The van der Waals surface area contributed by atoms with Crippen LogP contribution in [-0.2, 0) is 10.1 Å². The molecule has 0 saturated heterocycles. The minimum Gasteiger partial charge on any atom is -0.744 e. The number of benzene rings is 6. The number of fused-ring (bicyclic) bond motifs is 8. The molecule has 43 heavy (non-hydrogen) atoms. The van der Waals surface area contributed by atoms with Crippen molar-refractivity contribution in [1.82, 2.24) is 5.10 Å². The van der Waals surface area contributed by atoms with Crippen LogP contribution in [0.4, 0.5) is 11.5 Å². The molecule has 7 aromatic rings. The molecule has 6 aromatic carbocycles. The minimum atomic E-state index is -4.33. The van der Waals surface area contributed by atoms with Gasteiger partial charge in [-0.25, -0.2) is 13.3 Å². The molecule has 0 N–H and O–H groups in total. The van der Waals surface area contributed by atoms with Crippen LogP contribution in [0.1, 0.15) is 16.7 Å². The second-order valence-corrected chi connectivity index (χ2v) is 12.5. The maximum Gasteiger partial charge on any atom is 0.308 e. The molecule has 0 saturated carbocycles. The van der Waals surface area contributed by atoms with Gasteiger partial charge in [-0.2, -0.15) is 0 Å². The molecule has 0 fully saturated rings. The van der Waals surface area contributed by atoms with Crippen LogP contribution in [0.5, 0.6) is 0 Å². The minimum absolute atomic E-state index is 0.0851. The molecule has 0 aliphatic carbocycles.